The minimum absolute atomic E-state index is 0.0108. The predicted molar refractivity (Wildman–Crippen MR) is 266 cm³/mol. The van der Waals surface area contributed by atoms with Crippen LogP contribution in [0, 0.1) is 76.9 Å². The van der Waals surface area contributed by atoms with Gasteiger partial charge in [0.25, 0.3) is 0 Å². The zero-order valence-electron chi connectivity index (χ0n) is 46.4. The third-order valence-corrected chi connectivity index (χ3v) is 19.3. The molecule has 30 atom stereocenters. The molecular weight excluding hydrogens is 879 g/mol. The molecule has 0 N–H and O–H groups in total. The molecule has 6 heterocycles. The molecule has 69 heavy (non-hydrogen) atoms. The van der Waals surface area contributed by atoms with E-state index in [4.69, 9.17) is 57.6 Å². The summed E-state index contributed by atoms with van der Waals surface area (Å²) in [6.07, 6.45) is 1.14. The molecule has 0 aromatic heterocycles. The highest BCUT2D eigenvalue weighted by atomic mass is 16.8. The summed E-state index contributed by atoms with van der Waals surface area (Å²) in [5, 5.41) is 3.95. The van der Waals surface area contributed by atoms with Crippen molar-refractivity contribution in [3.63, 3.8) is 0 Å². The number of hydrogen-bond acceptors (Lipinski definition) is 12. The molecule has 0 amide bonds. The van der Waals surface area contributed by atoms with Crippen LogP contribution in [-0.4, -0.2) is 105 Å². The summed E-state index contributed by atoms with van der Waals surface area (Å²) in [6, 6.07) is 0. The van der Waals surface area contributed by atoms with E-state index in [2.05, 4.69) is 142 Å². The van der Waals surface area contributed by atoms with Crippen LogP contribution in [0.15, 0.2) is 5.11 Å². The van der Waals surface area contributed by atoms with Crippen LogP contribution in [0.2, 0.25) is 0 Å². The maximum Gasteiger partial charge on any atom is 0.161 e. The molecule has 0 aromatic rings. The van der Waals surface area contributed by atoms with Crippen molar-refractivity contribution in [3.05, 3.63) is 10.4 Å². The first-order chi connectivity index (χ1) is 32.8. The van der Waals surface area contributed by atoms with E-state index in [1.807, 2.05) is 0 Å². The van der Waals surface area contributed by atoms with E-state index in [1.165, 1.54) is 0 Å². The molecule has 0 saturated carbocycles. The number of ether oxygens (including phenoxy) is 11. The van der Waals surface area contributed by atoms with Crippen molar-refractivity contribution in [2.24, 2.45) is 82.0 Å². The molecule has 12 unspecified atom stereocenters. The van der Waals surface area contributed by atoms with E-state index in [1.54, 1.807) is 0 Å². The average Bonchev–Trinajstić information content (AvgIpc) is 3.34. The molecule has 0 spiro atoms. The minimum Gasteiger partial charge on any atom is -0.366 e. The average molecular weight is 978 g/mol. The van der Waals surface area contributed by atoms with E-state index in [9.17, 15) is 0 Å². The van der Waals surface area contributed by atoms with Gasteiger partial charge in [-0.3, -0.25) is 0 Å². The Morgan fingerprint density at radius 3 is 0.797 bits per heavy atom. The summed E-state index contributed by atoms with van der Waals surface area (Å²) in [6.45, 7) is 42.2. The van der Waals surface area contributed by atoms with Gasteiger partial charge in [-0.2, -0.15) is 0 Å². The molecule has 6 saturated heterocycles. The quantitative estimate of drug-likeness (QED) is 0.0778. The molecule has 0 aromatic carbocycles. The standard InChI is InChI=1S/C55H99N3O11/c1-20-39-27(8)26(7)34(15)51(60-39)66-46-29(10)36(17)53(62-41(46)22-3)68-48-31(12)38(19)55(64-43(48)24-5)69-49-32(13)37(18)54(63-44(49)25-6)67-47-30(11)35(16)52(61-42(47)23-4)65-45-28(9)33(14)50(57-58-56)59-40(45)21-2/h26-55H,20-25H2,1-19H3/t26-,27+,28+,29+,30+,31+,32+,33?,34?,35?,36?,37?,38?,39?,40?,41?,42?,43?,44?,45+,46+,47+,48+,49+,50+,51-,52-,53-,54-,55-/m0/s1. The summed E-state index contributed by atoms with van der Waals surface area (Å²) >= 11 is 0. The fraction of sp³-hybridized carbons (Fsp3) is 1.00. The molecule has 0 aliphatic carbocycles. The lowest BCUT2D eigenvalue weighted by atomic mass is 9.78. The highest BCUT2D eigenvalue weighted by molar-refractivity contribution is 4.96. The molecule has 6 aliphatic rings. The van der Waals surface area contributed by atoms with Gasteiger partial charge in [0.05, 0.1) is 67.1 Å². The number of rotatable bonds is 17. The van der Waals surface area contributed by atoms with Crippen LogP contribution in [-0.2, 0) is 52.1 Å². The summed E-state index contributed by atoms with van der Waals surface area (Å²) in [5.41, 5.74) is 9.16. The second kappa shape index (κ2) is 24.9. The van der Waals surface area contributed by atoms with E-state index in [0.29, 0.717) is 17.8 Å². The Morgan fingerprint density at radius 2 is 0.536 bits per heavy atom. The first-order valence-corrected chi connectivity index (χ1v) is 28.0. The van der Waals surface area contributed by atoms with E-state index in [0.717, 1.165) is 38.5 Å². The Morgan fingerprint density at radius 1 is 0.304 bits per heavy atom. The van der Waals surface area contributed by atoms with Crippen LogP contribution in [0.5, 0.6) is 0 Å². The maximum absolute atomic E-state index is 9.16. The van der Waals surface area contributed by atoms with Crippen molar-refractivity contribution < 1.29 is 52.1 Å². The Bertz CT molecular complexity index is 1610. The van der Waals surface area contributed by atoms with Gasteiger partial charge >= 0.3 is 0 Å². The second-order valence-electron chi connectivity index (χ2n) is 23.1. The van der Waals surface area contributed by atoms with Gasteiger partial charge in [-0.1, -0.05) is 137 Å². The first-order valence-electron chi connectivity index (χ1n) is 28.0. The minimum atomic E-state index is -0.507. The fourth-order valence-corrected chi connectivity index (χ4v) is 12.7. The zero-order valence-corrected chi connectivity index (χ0v) is 46.4. The van der Waals surface area contributed by atoms with Crippen LogP contribution in [0.1, 0.15) is 170 Å². The molecule has 400 valence electrons. The molecule has 6 fully saturated rings. The highest BCUT2D eigenvalue weighted by Gasteiger charge is 2.53. The molecule has 6 rings (SSSR count). The Balaban J connectivity index is 1.07. The summed E-state index contributed by atoms with van der Waals surface area (Å²) in [5.74, 6) is 2.36. The molecule has 14 nitrogen and oxygen atoms in total. The van der Waals surface area contributed by atoms with Crippen LogP contribution >= 0.6 is 0 Å². The third-order valence-electron chi connectivity index (χ3n) is 19.3. The number of nitrogens with zero attached hydrogens (tertiary/aromatic N) is 3. The van der Waals surface area contributed by atoms with Crippen LogP contribution in [0.4, 0.5) is 0 Å². The van der Waals surface area contributed by atoms with Gasteiger partial charge in [0.15, 0.2) is 31.5 Å². The van der Waals surface area contributed by atoms with Crippen molar-refractivity contribution in [1.82, 2.24) is 0 Å². The van der Waals surface area contributed by atoms with Crippen molar-refractivity contribution >= 4 is 0 Å². The Labute approximate surface area is 418 Å². The van der Waals surface area contributed by atoms with Crippen LogP contribution in [0.3, 0.4) is 0 Å². The summed E-state index contributed by atoms with van der Waals surface area (Å²) < 4.78 is 75.7. The number of azide groups is 1. The first kappa shape index (κ1) is 57.2. The van der Waals surface area contributed by atoms with Gasteiger partial charge in [-0.15, -0.1) is 0 Å². The van der Waals surface area contributed by atoms with Gasteiger partial charge in [0, 0.05) is 34.5 Å². The molecular formula is C55H99N3O11. The van der Waals surface area contributed by atoms with Gasteiger partial charge in [-0.25, -0.2) is 0 Å². The van der Waals surface area contributed by atoms with Crippen LogP contribution in [0.25, 0.3) is 10.4 Å². The summed E-state index contributed by atoms with van der Waals surface area (Å²) in [7, 11) is 0. The monoisotopic (exact) mass is 978 g/mol. The van der Waals surface area contributed by atoms with E-state index in [-0.39, 0.29) is 139 Å². The topological polar surface area (TPSA) is 150 Å². The molecule has 6 aliphatic heterocycles. The fourth-order valence-electron chi connectivity index (χ4n) is 12.7. The second-order valence-corrected chi connectivity index (χ2v) is 23.1. The van der Waals surface area contributed by atoms with Crippen LogP contribution < -0.4 is 0 Å². The molecule has 14 heteroatoms. The van der Waals surface area contributed by atoms with Crippen molar-refractivity contribution in [2.75, 3.05) is 0 Å². The largest absolute Gasteiger partial charge is 0.366 e. The van der Waals surface area contributed by atoms with Crippen molar-refractivity contribution in [2.45, 2.75) is 275 Å². The Kier molecular flexibility index (Phi) is 20.7. The van der Waals surface area contributed by atoms with Gasteiger partial charge in [0.2, 0.25) is 0 Å². The number of hydrogen-bond donors (Lipinski definition) is 0. The lowest BCUT2D eigenvalue weighted by Crippen LogP contribution is -2.60. The van der Waals surface area contributed by atoms with Gasteiger partial charge < -0.3 is 52.1 Å². The van der Waals surface area contributed by atoms with Gasteiger partial charge in [0.1, 0.15) is 6.23 Å². The maximum atomic E-state index is 9.16. The van der Waals surface area contributed by atoms with E-state index >= 15 is 0 Å². The smallest absolute Gasteiger partial charge is 0.161 e. The lowest BCUT2D eigenvalue weighted by molar-refractivity contribution is -0.366. The SMILES string of the molecule is CCC1O[C@@H](O[C@H]2C(CC)O[C@@H](O[C@H]3C(CC)O[C@@H](O[C@H]4C(CC)O[C@@H](O[C@H]5C(CC)O[C@@H](O[C@H]6C(CC)O[C@@H](N=[N+]=[N-])C(C)[C@H]6C)C(C)[C@H]5C)C(C)[C@H]4C)C(C)[C@H]3C)C(C)[C@H]2C)C(C)[C@@H](C)[C@H]1C. The van der Waals surface area contributed by atoms with Crippen molar-refractivity contribution in [1.29, 1.82) is 0 Å². The third kappa shape index (κ3) is 11.9. The normalized spacial score (nSPS) is 52.0. The predicted octanol–water partition coefficient (Wildman–Crippen LogP) is 12.3. The van der Waals surface area contributed by atoms with E-state index < -0.39 is 25.1 Å². The van der Waals surface area contributed by atoms with Crippen molar-refractivity contribution in [3.8, 4) is 0 Å². The lowest BCUT2D eigenvalue weighted by Gasteiger charge is -2.52. The zero-order chi connectivity index (χ0) is 50.8. The Hall–Kier alpha value is -1.13. The molecule has 0 radical (unpaired) electrons. The highest BCUT2D eigenvalue weighted by Crippen LogP contribution is 2.46. The van der Waals surface area contributed by atoms with Gasteiger partial charge in [-0.05, 0) is 91.4 Å². The summed E-state index contributed by atoms with van der Waals surface area (Å²) in [4.78, 5) is 3.05. The molecule has 0 bridgehead atoms.